The van der Waals surface area contributed by atoms with E-state index in [2.05, 4.69) is 35.1 Å². The molecule has 3 nitrogen and oxygen atoms in total. The third kappa shape index (κ3) is 4.62. The van der Waals surface area contributed by atoms with Crippen molar-refractivity contribution in [3.8, 4) is 0 Å². The molecule has 0 saturated carbocycles. The van der Waals surface area contributed by atoms with Gasteiger partial charge in [-0.2, -0.15) is 0 Å². The number of halogens is 1. The quantitative estimate of drug-likeness (QED) is 0.875. The Hall–Kier alpha value is -0.870. The Morgan fingerprint density at radius 1 is 1.37 bits per heavy atom. The van der Waals surface area contributed by atoms with E-state index in [0.29, 0.717) is 6.54 Å². The molecular formula is C15H22BrN2O+. The van der Waals surface area contributed by atoms with Crippen LogP contribution in [0, 0.1) is 11.8 Å². The topological polar surface area (TPSA) is 33.5 Å². The number of anilines is 1. The average Bonchev–Trinajstić information content (AvgIpc) is 2.26. The van der Waals surface area contributed by atoms with Gasteiger partial charge in [-0.05, 0) is 24.6 Å². The van der Waals surface area contributed by atoms with E-state index in [1.165, 1.54) is 11.3 Å². The van der Waals surface area contributed by atoms with Crippen molar-refractivity contribution in [2.75, 3.05) is 25.0 Å². The minimum absolute atomic E-state index is 0.106. The van der Waals surface area contributed by atoms with Crippen molar-refractivity contribution in [3.63, 3.8) is 0 Å². The second-order valence-corrected chi connectivity index (χ2v) is 6.76. The van der Waals surface area contributed by atoms with Crippen LogP contribution in [-0.4, -0.2) is 25.5 Å². The van der Waals surface area contributed by atoms with Crippen molar-refractivity contribution in [1.29, 1.82) is 0 Å². The number of likely N-dealkylation sites (tertiary alicyclic amines) is 1. The molecule has 1 amide bonds. The summed E-state index contributed by atoms with van der Waals surface area (Å²) in [6, 6.07) is 7.72. The summed E-state index contributed by atoms with van der Waals surface area (Å²) in [5.74, 6) is 1.55. The molecule has 0 radical (unpaired) electrons. The zero-order valence-corrected chi connectivity index (χ0v) is 13.2. The van der Waals surface area contributed by atoms with Gasteiger partial charge in [0.05, 0.1) is 13.1 Å². The lowest BCUT2D eigenvalue weighted by atomic mass is 9.92. The lowest BCUT2D eigenvalue weighted by Gasteiger charge is -2.31. The summed E-state index contributed by atoms with van der Waals surface area (Å²) >= 11 is 3.41. The Bertz CT molecular complexity index is 440. The van der Waals surface area contributed by atoms with E-state index in [-0.39, 0.29) is 5.91 Å². The van der Waals surface area contributed by atoms with Crippen molar-refractivity contribution < 1.29 is 9.69 Å². The van der Waals surface area contributed by atoms with Gasteiger partial charge in [0.15, 0.2) is 6.54 Å². The molecule has 4 heteroatoms. The van der Waals surface area contributed by atoms with E-state index in [4.69, 9.17) is 0 Å². The second kappa shape index (κ2) is 6.53. The zero-order chi connectivity index (χ0) is 13.8. The van der Waals surface area contributed by atoms with Gasteiger partial charge in [-0.1, -0.05) is 35.8 Å². The lowest BCUT2D eigenvalue weighted by Crippen LogP contribution is -3.15. The first-order valence-electron chi connectivity index (χ1n) is 6.92. The van der Waals surface area contributed by atoms with Crippen molar-refractivity contribution in [3.05, 3.63) is 28.7 Å². The summed E-state index contributed by atoms with van der Waals surface area (Å²) in [6.45, 7) is 7.34. The number of hydrogen-bond donors (Lipinski definition) is 2. The van der Waals surface area contributed by atoms with Gasteiger partial charge in [-0.3, -0.25) is 4.79 Å². The maximum Gasteiger partial charge on any atom is 0.279 e. The second-order valence-electron chi connectivity index (χ2n) is 5.84. The van der Waals surface area contributed by atoms with Gasteiger partial charge in [0, 0.05) is 22.0 Å². The monoisotopic (exact) mass is 325 g/mol. The summed E-state index contributed by atoms with van der Waals surface area (Å²) in [4.78, 5) is 13.5. The molecule has 1 fully saturated rings. The first-order chi connectivity index (χ1) is 9.02. The molecule has 19 heavy (non-hydrogen) atoms. The van der Waals surface area contributed by atoms with Crippen molar-refractivity contribution in [2.45, 2.75) is 20.3 Å². The fourth-order valence-corrected chi connectivity index (χ4v) is 3.46. The van der Waals surface area contributed by atoms with Gasteiger partial charge >= 0.3 is 0 Å². The van der Waals surface area contributed by atoms with Gasteiger partial charge < -0.3 is 10.2 Å². The van der Waals surface area contributed by atoms with Gasteiger partial charge in [0.2, 0.25) is 0 Å². The molecule has 2 rings (SSSR count). The highest BCUT2D eigenvalue weighted by Crippen LogP contribution is 2.15. The Morgan fingerprint density at radius 2 is 2.05 bits per heavy atom. The number of carbonyl (C=O) groups excluding carboxylic acids is 1. The predicted octanol–water partition coefficient (Wildman–Crippen LogP) is 1.95. The molecule has 1 aromatic carbocycles. The van der Waals surface area contributed by atoms with E-state index in [9.17, 15) is 4.79 Å². The van der Waals surface area contributed by atoms with Crippen molar-refractivity contribution >= 4 is 27.5 Å². The summed E-state index contributed by atoms with van der Waals surface area (Å²) in [5, 5.41) is 2.97. The molecule has 3 atom stereocenters. The smallest absolute Gasteiger partial charge is 0.279 e. The van der Waals surface area contributed by atoms with Crippen LogP contribution in [0.5, 0.6) is 0 Å². The summed E-state index contributed by atoms with van der Waals surface area (Å²) in [6.07, 6.45) is 1.29. The lowest BCUT2D eigenvalue weighted by molar-refractivity contribution is -0.904. The number of benzene rings is 1. The van der Waals surface area contributed by atoms with Crippen molar-refractivity contribution in [1.82, 2.24) is 0 Å². The van der Waals surface area contributed by atoms with Crippen LogP contribution in [-0.2, 0) is 4.79 Å². The van der Waals surface area contributed by atoms with Crippen LogP contribution in [0.4, 0.5) is 5.69 Å². The zero-order valence-electron chi connectivity index (χ0n) is 11.6. The van der Waals surface area contributed by atoms with E-state index < -0.39 is 0 Å². The molecule has 1 aliphatic heterocycles. The first kappa shape index (κ1) is 14.5. The minimum Gasteiger partial charge on any atom is -0.327 e. The van der Waals surface area contributed by atoms with Gasteiger partial charge in [0.1, 0.15) is 0 Å². The van der Waals surface area contributed by atoms with Gasteiger partial charge in [0.25, 0.3) is 5.91 Å². The third-order valence-electron chi connectivity index (χ3n) is 3.60. The summed E-state index contributed by atoms with van der Waals surface area (Å²) in [5.41, 5.74) is 0.858. The molecule has 2 N–H and O–H groups in total. The van der Waals surface area contributed by atoms with Crippen LogP contribution in [0.15, 0.2) is 28.7 Å². The molecule has 0 aliphatic carbocycles. The van der Waals surface area contributed by atoms with E-state index >= 15 is 0 Å². The van der Waals surface area contributed by atoms with Crippen LogP contribution >= 0.6 is 15.9 Å². The molecule has 104 valence electrons. The highest BCUT2D eigenvalue weighted by Gasteiger charge is 2.26. The fourth-order valence-electron chi connectivity index (χ4n) is 3.07. The van der Waals surface area contributed by atoms with Crippen LogP contribution in [0.2, 0.25) is 0 Å². The standard InChI is InChI=1S/C15H21BrN2O/c1-11-6-12(2)9-18(8-11)10-15(19)17-14-5-3-4-13(16)7-14/h3-5,7,11-12H,6,8-10H2,1-2H3,(H,17,19)/p+1/t11-,12+. The number of nitrogens with one attached hydrogen (secondary N) is 2. The maximum atomic E-state index is 12.1. The third-order valence-corrected chi connectivity index (χ3v) is 4.09. The Kier molecular flexibility index (Phi) is 4.99. The van der Waals surface area contributed by atoms with Gasteiger partial charge in [-0.15, -0.1) is 0 Å². The summed E-state index contributed by atoms with van der Waals surface area (Å²) < 4.78 is 0.984. The molecule has 1 aromatic rings. The predicted molar refractivity (Wildman–Crippen MR) is 81.3 cm³/mol. The molecule has 1 saturated heterocycles. The number of hydrogen-bond acceptors (Lipinski definition) is 1. The molecule has 1 unspecified atom stereocenters. The Balaban J connectivity index is 1.87. The number of rotatable bonds is 3. The highest BCUT2D eigenvalue weighted by molar-refractivity contribution is 9.10. The number of carbonyl (C=O) groups is 1. The Morgan fingerprint density at radius 3 is 2.68 bits per heavy atom. The minimum atomic E-state index is 0.106. The van der Waals surface area contributed by atoms with Gasteiger partial charge in [-0.25, -0.2) is 0 Å². The van der Waals surface area contributed by atoms with Crippen LogP contribution in [0.25, 0.3) is 0 Å². The molecule has 0 bridgehead atoms. The van der Waals surface area contributed by atoms with E-state index in [1.807, 2.05) is 24.3 Å². The SMILES string of the molecule is C[C@@H]1C[C@H](C)C[NH+](CC(=O)Nc2cccc(Br)c2)C1. The van der Waals surface area contributed by atoms with E-state index in [0.717, 1.165) is 35.1 Å². The molecule has 1 aliphatic rings. The van der Waals surface area contributed by atoms with Crippen molar-refractivity contribution in [2.24, 2.45) is 11.8 Å². The Labute approximate surface area is 123 Å². The molecule has 1 heterocycles. The molecule has 0 spiro atoms. The van der Waals surface area contributed by atoms with Crippen LogP contribution in [0.3, 0.4) is 0 Å². The number of piperidine rings is 1. The normalized spacial score (nSPS) is 27.0. The first-order valence-corrected chi connectivity index (χ1v) is 7.71. The maximum absolute atomic E-state index is 12.1. The molecule has 0 aromatic heterocycles. The summed E-state index contributed by atoms with van der Waals surface area (Å²) in [7, 11) is 0. The largest absolute Gasteiger partial charge is 0.327 e. The number of amides is 1. The van der Waals surface area contributed by atoms with E-state index in [1.54, 1.807) is 0 Å². The van der Waals surface area contributed by atoms with Crippen LogP contribution < -0.4 is 10.2 Å². The number of quaternary nitrogens is 1. The molecular weight excluding hydrogens is 304 g/mol. The van der Waals surface area contributed by atoms with Crippen LogP contribution in [0.1, 0.15) is 20.3 Å². The fraction of sp³-hybridized carbons (Fsp3) is 0.533. The average molecular weight is 326 g/mol. The highest BCUT2D eigenvalue weighted by atomic mass is 79.9.